The molecular formula is C7H10BF4N. The molecule has 0 spiro atoms. The maximum absolute atomic E-state index is 9.75. The lowest BCUT2D eigenvalue weighted by atomic mass is 9.94. The van der Waals surface area contributed by atoms with Gasteiger partial charge >= 0.3 is 13.5 Å². The number of nitrogens with zero attached hydrogens (tertiary/aromatic N) is 1. The van der Waals surface area contributed by atoms with E-state index < -0.39 is 7.25 Å². The zero-order valence-corrected chi connectivity index (χ0v) is 7.02. The van der Waals surface area contributed by atoms with Crippen LogP contribution in [0.2, 0.25) is 0 Å². The van der Waals surface area contributed by atoms with Gasteiger partial charge in [0.25, 0.3) is 0 Å². The van der Waals surface area contributed by atoms with Crippen molar-refractivity contribution in [2.75, 3.05) is 13.1 Å². The molecule has 0 radical (unpaired) electrons. The second kappa shape index (κ2) is 3.96. The van der Waals surface area contributed by atoms with Gasteiger partial charge in [0.05, 0.1) is 13.1 Å². The molecular weight excluding hydrogens is 185 g/mol. The minimum atomic E-state index is -6.00. The molecule has 3 aliphatic heterocycles. The second-order valence-corrected chi connectivity index (χ2v) is 3.12. The topological polar surface area (TPSA) is 3.24 Å². The molecule has 0 atom stereocenters. The second-order valence-electron chi connectivity index (χ2n) is 3.12. The molecule has 0 amide bonds. The van der Waals surface area contributed by atoms with Gasteiger partial charge in [0, 0.05) is 5.92 Å². The van der Waals surface area contributed by atoms with E-state index in [2.05, 4.69) is 17.2 Å². The van der Waals surface area contributed by atoms with Gasteiger partial charge in [-0.15, -0.1) is 0 Å². The normalized spacial score (nSPS) is 20.8. The lowest BCUT2D eigenvalue weighted by Crippen LogP contribution is -2.33. The van der Waals surface area contributed by atoms with Crippen LogP contribution in [0.15, 0.2) is 6.08 Å². The highest BCUT2D eigenvalue weighted by atomic mass is 19.5. The van der Waals surface area contributed by atoms with E-state index in [1.165, 1.54) is 25.9 Å². The number of allylic oxidation sites excluding steroid dienone is 1. The van der Waals surface area contributed by atoms with Crippen LogP contribution in [0.25, 0.3) is 0 Å². The van der Waals surface area contributed by atoms with E-state index in [9.17, 15) is 17.3 Å². The summed E-state index contributed by atoms with van der Waals surface area (Å²) in [6, 6.07) is 0. The third-order valence-electron chi connectivity index (χ3n) is 2.03. The molecule has 1 saturated heterocycles. The van der Waals surface area contributed by atoms with E-state index in [4.69, 9.17) is 0 Å². The SMILES string of the molecule is F[B-](F)(F)F.[C+]1=CC2CCN1CC2. The fraction of sp³-hybridized carbons (Fsp3) is 0.714. The first-order valence-electron chi connectivity index (χ1n) is 4.17. The Morgan fingerprint density at radius 1 is 1.15 bits per heavy atom. The summed E-state index contributed by atoms with van der Waals surface area (Å²) in [7, 11) is -6.00. The van der Waals surface area contributed by atoms with Crippen molar-refractivity contribution in [3.8, 4) is 0 Å². The van der Waals surface area contributed by atoms with Crippen LogP contribution in [-0.4, -0.2) is 25.2 Å². The van der Waals surface area contributed by atoms with Crippen LogP contribution >= 0.6 is 0 Å². The van der Waals surface area contributed by atoms with Gasteiger partial charge < -0.3 is 17.3 Å². The monoisotopic (exact) mass is 195 g/mol. The maximum Gasteiger partial charge on any atom is 0.673 e. The standard InChI is InChI=1S/C7H10N.BF4/c1-4-8-5-2-7(1)3-6-8;2-1(3,4)5/h1,7H,2-3,5-6H2;/q+1;-1. The third-order valence-corrected chi connectivity index (χ3v) is 2.03. The van der Waals surface area contributed by atoms with Crippen LogP contribution in [0.1, 0.15) is 12.8 Å². The number of piperidine rings is 1. The van der Waals surface area contributed by atoms with Crippen LogP contribution in [-0.2, 0) is 0 Å². The van der Waals surface area contributed by atoms with Gasteiger partial charge in [0.2, 0.25) is 0 Å². The lowest BCUT2D eigenvalue weighted by molar-refractivity contribution is 0.230. The highest BCUT2D eigenvalue weighted by Gasteiger charge is 2.29. The van der Waals surface area contributed by atoms with Crippen LogP contribution in [0.3, 0.4) is 0 Å². The summed E-state index contributed by atoms with van der Waals surface area (Å²) < 4.78 is 39.0. The van der Waals surface area contributed by atoms with Crippen molar-refractivity contribution in [2.24, 2.45) is 5.92 Å². The molecule has 3 rings (SSSR count). The highest BCUT2D eigenvalue weighted by molar-refractivity contribution is 6.50. The Labute approximate surface area is 74.5 Å². The van der Waals surface area contributed by atoms with Gasteiger partial charge in [-0.05, 0) is 12.8 Å². The van der Waals surface area contributed by atoms with Crippen molar-refractivity contribution in [3.05, 3.63) is 12.3 Å². The van der Waals surface area contributed by atoms with E-state index >= 15 is 0 Å². The molecule has 0 aromatic rings. The zero-order valence-electron chi connectivity index (χ0n) is 7.02. The molecule has 0 N–H and O–H groups in total. The quantitative estimate of drug-likeness (QED) is 0.325. The van der Waals surface area contributed by atoms with Gasteiger partial charge in [-0.25, -0.2) is 0 Å². The van der Waals surface area contributed by atoms with Gasteiger partial charge in [-0.1, -0.05) is 0 Å². The van der Waals surface area contributed by atoms with E-state index in [0.717, 1.165) is 5.92 Å². The van der Waals surface area contributed by atoms with Gasteiger partial charge in [-0.3, -0.25) is 0 Å². The largest absolute Gasteiger partial charge is 0.673 e. The summed E-state index contributed by atoms with van der Waals surface area (Å²) in [5, 5.41) is 0. The molecule has 0 aromatic heterocycles. The van der Waals surface area contributed by atoms with Crippen LogP contribution in [0.5, 0.6) is 0 Å². The first-order chi connectivity index (χ1) is 5.95. The smallest absolute Gasteiger partial charge is 0.418 e. The average molecular weight is 195 g/mol. The molecule has 1 nitrogen and oxygen atoms in total. The van der Waals surface area contributed by atoms with Crippen molar-refractivity contribution in [1.29, 1.82) is 0 Å². The minimum absolute atomic E-state index is 0.875. The number of rotatable bonds is 0. The summed E-state index contributed by atoms with van der Waals surface area (Å²) in [5.41, 5.74) is 0. The molecule has 0 saturated carbocycles. The molecule has 3 heterocycles. The Bertz CT molecular complexity index is 163. The fourth-order valence-corrected chi connectivity index (χ4v) is 1.41. The summed E-state index contributed by atoms with van der Waals surface area (Å²) in [5.74, 6) is 0.875. The molecule has 3 aliphatic rings. The van der Waals surface area contributed by atoms with E-state index in [1.54, 1.807) is 0 Å². The number of hydrogen-bond acceptors (Lipinski definition) is 1. The number of hydrogen-bond donors (Lipinski definition) is 0. The molecule has 6 heteroatoms. The summed E-state index contributed by atoms with van der Waals surface area (Å²) in [4.78, 5) is 2.28. The lowest BCUT2D eigenvalue weighted by Gasteiger charge is -2.23. The summed E-state index contributed by atoms with van der Waals surface area (Å²) in [6.07, 6.45) is 8.18. The first-order valence-corrected chi connectivity index (χ1v) is 4.17. The molecule has 0 aromatic carbocycles. The van der Waals surface area contributed by atoms with Crippen molar-refractivity contribution < 1.29 is 17.3 Å². The number of fused-ring (bicyclic) bond motifs is 2. The van der Waals surface area contributed by atoms with Gasteiger partial charge in [0.1, 0.15) is 0 Å². The van der Waals surface area contributed by atoms with E-state index in [0.29, 0.717) is 0 Å². The predicted octanol–water partition coefficient (Wildman–Crippen LogP) is 2.33. The van der Waals surface area contributed by atoms with Crippen molar-refractivity contribution in [1.82, 2.24) is 4.90 Å². The molecule has 1 fully saturated rings. The Morgan fingerprint density at radius 3 is 1.69 bits per heavy atom. The van der Waals surface area contributed by atoms with Crippen molar-refractivity contribution in [2.45, 2.75) is 12.8 Å². The van der Waals surface area contributed by atoms with Crippen molar-refractivity contribution >= 4 is 7.25 Å². The number of halogens is 4. The maximum atomic E-state index is 9.75. The van der Waals surface area contributed by atoms with Crippen LogP contribution in [0, 0.1) is 12.1 Å². The first kappa shape index (κ1) is 10.3. The molecule has 13 heavy (non-hydrogen) atoms. The Balaban J connectivity index is 0.000000149. The Kier molecular flexibility index (Phi) is 3.14. The van der Waals surface area contributed by atoms with Crippen LogP contribution in [0.4, 0.5) is 17.3 Å². The van der Waals surface area contributed by atoms with Crippen LogP contribution < -0.4 is 0 Å². The average Bonchev–Trinajstić information content (AvgIpc) is 2.05. The predicted molar refractivity (Wildman–Crippen MR) is 42.3 cm³/mol. The fourth-order valence-electron chi connectivity index (χ4n) is 1.41. The Hall–Kier alpha value is -0.765. The summed E-state index contributed by atoms with van der Waals surface area (Å²) in [6.45, 7) is 2.50. The zero-order chi connectivity index (χ0) is 9.90. The van der Waals surface area contributed by atoms with Gasteiger partial charge in [-0.2, -0.15) is 4.90 Å². The van der Waals surface area contributed by atoms with Gasteiger partial charge in [0.15, 0.2) is 6.08 Å². The molecule has 0 aliphatic carbocycles. The van der Waals surface area contributed by atoms with E-state index in [-0.39, 0.29) is 0 Å². The van der Waals surface area contributed by atoms with Crippen molar-refractivity contribution in [3.63, 3.8) is 0 Å². The third kappa shape index (κ3) is 4.73. The molecule has 74 valence electrons. The molecule has 2 bridgehead atoms. The molecule has 0 unspecified atom stereocenters. The minimum Gasteiger partial charge on any atom is -0.418 e. The highest BCUT2D eigenvalue weighted by Crippen LogP contribution is 2.22. The summed E-state index contributed by atoms with van der Waals surface area (Å²) >= 11 is 0. The van der Waals surface area contributed by atoms with E-state index in [1.807, 2.05) is 0 Å². The Morgan fingerprint density at radius 2 is 1.62 bits per heavy atom.